The van der Waals surface area contributed by atoms with Crippen LogP contribution in [-0.2, 0) is 16.1 Å². The lowest BCUT2D eigenvalue weighted by Crippen LogP contribution is -2.47. The van der Waals surface area contributed by atoms with Crippen molar-refractivity contribution in [2.75, 3.05) is 20.2 Å². The summed E-state index contributed by atoms with van der Waals surface area (Å²) in [6, 6.07) is 1.92. The Bertz CT molecular complexity index is 704. The van der Waals surface area contributed by atoms with Crippen LogP contribution in [0.5, 0.6) is 0 Å². The summed E-state index contributed by atoms with van der Waals surface area (Å²) >= 11 is 0. The van der Waals surface area contributed by atoms with E-state index >= 15 is 0 Å². The van der Waals surface area contributed by atoms with Gasteiger partial charge in [-0.2, -0.15) is 5.10 Å². The monoisotopic (exact) mass is 346 g/mol. The fraction of sp³-hybridized carbons (Fsp3) is 0.611. The van der Waals surface area contributed by atoms with Crippen LogP contribution in [-0.4, -0.2) is 57.4 Å². The number of aromatic nitrogens is 3. The summed E-state index contributed by atoms with van der Waals surface area (Å²) in [5.74, 6) is 0. The van der Waals surface area contributed by atoms with Crippen LogP contribution in [0.3, 0.4) is 0 Å². The largest absolute Gasteiger partial charge is 0.483 e. The maximum Gasteiger partial charge on any atom is 0.290 e. The number of hydrogen-bond donors (Lipinski definition) is 1. The zero-order valence-electron chi connectivity index (χ0n) is 14.7. The van der Waals surface area contributed by atoms with Gasteiger partial charge in [-0.15, -0.1) is 0 Å². The van der Waals surface area contributed by atoms with Crippen molar-refractivity contribution < 1.29 is 14.6 Å². The highest BCUT2D eigenvalue weighted by Gasteiger charge is 2.45. The zero-order chi connectivity index (χ0) is 17.7. The fourth-order valence-electron chi connectivity index (χ4n) is 4.56. The fourth-order valence-corrected chi connectivity index (χ4v) is 4.56. The molecular formula is C18H26N4O3. The second-order valence-corrected chi connectivity index (χ2v) is 6.96. The van der Waals surface area contributed by atoms with Crippen LogP contribution in [0.15, 0.2) is 24.7 Å². The molecule has 1 aliphatic heterocycles. The van der Waals surface area contributed by atoms with Crippen LogP contribution in [0.4, 0.5) is 0 Å². The Morgan fingerprint density at radius 2 is 2.24 bits per heavy atom. The molecule has 2 aromatic rings. The average molecular weight is 346 g/mol. The molecule has 1 spiro atoms. The quantitative estimate of drug-likeness (QED) is 0.859. The van der Waals surface area contributed by atoms with E-state index in [0.29, 0.717) is 11.5 Å². The molecule has 2 aliphatic rings. The third-order valence-electron chi connectivity index (χ3n) is 5.54. The Morgan fingerprint density at radius 1 is 1.44 bits per heavy atom. The van der Waals surface area contributed by atoms with Gasteiger partial charge in [0.25, 0.3) is 6.47 Å². The summed E-state index contributed by atoms with van der Waals surface area (Å²) in [5.41, 5.74) is 2.59. The molecule has 2 atom stereocenters. The van der Waals surface area contributed by atoms with Crippen molar-refractivity contribution in [1.29, 1.82) is 0 Å². The van der Waals surface area contributed by atoms with Crippen molar-refractivity contribution in [3.8, 4) is 0 Å². The lowest BCUT2D eigenvalue weighted by molar-refractivity contribution is -0.122. The van der Waals surface area contributed by atoms with Crippen molar-refractivity contribution >= 4 is 12.1 Å². The first kappa shape index (κ1) is 17.8. The maximum atomic E-state index is 8.36. The Balaban J connectivity index is 0.000000569. The summed E-state index contributed by atoms with van der Waals surface area (Å²) in [6.07, 6.45) is 12.6. The van der Waals surface area contributed by atoms with Gasteiger partial charge in [-0.3, -0.25) is 9.69 Å². The molecule has 1 N–H and O–H groups in total. The number of carbonyl (C=O) groups is 1. The highest BCUT2D eigenvalue weighted by atomic mass is 16.5. The van der Waals surface area contributed by atoms with Gasteiger partial charge in [0.2, 0.25) is 0 Å². The summed E-state index contributed by atoms with van der Waals surface area (Å²) in [4.78, 5) is 15.4. The minimum atomic E-state index is -0.250. The molecule has 7 heteroatoms. The Morgan fingerprint density at radius 3 is 3.04 bits per heavy atom. The SMILES string of the molecule is CO[C@@H]1CCC[C@]12CCCN(Cc1cnn3cccnc13)C2.O=CO. The third kappa shape index (κ3) is 3.67. The zero-order valence-corrected chi connectivity index (χ0v) is 14.7. The van der Waals surface area contributed by atoms with Crippen LogP contribution < -0.4 is 0 Å². The van der Waals surface area contributed by atoms with Crippen LogP contribution >= 0.6 is 0 Å². The van der Waals surface area contributed by atoms with E-state index in [2.05, 4.69) is 15.0 Å². The number of likely N-dealkylation sites (tertiary alicyclic amines) is 1. The van der Waals surface area contributed by atoms with E-state index in [0.717, 1.165) is 18.7 Å². The molecule has 1 saturated carbocycles. The van der Waals surface area contributed by atoms with E-state index in [9.17, 15) is 0 Å². The first-order valence-electron chi connectivity index (χ1n) is 8.82. The Hall–Kier alpha value is -1.99. The molecule has 1 aliphatic carbocycles. The smallest absolute Gasteiger partial charge is 0.290 e. The molecule has 0 amide bonds. The van der Waals surface area contributed by atoms with Crippen molar-refractivity contribution in [2.24, 2.45) is 5.41 Å². The number of methoxy groups -OCH3 is 1. The highest BCUT2D eigenvalue weighted by molar-refractivity contribution is 5.45. The van der Waals surface area contributed by atoms with Gasteiger partial charge in [0.1, 0.15) is 0 Å². The van der Waals surface area contributed by atoms with Gasteiger partial charge in [0, 0.05) is 43.6 Å². The Kier molecular flexibility index (Phi) is 5.65. The minimum Gasteiger partial charge on any atom is -0.483 e. The van der Waals surface area contributed by atoms with Gasteiger partial charge < -0.3 is 9.84 Å². The van der Waals surface area contributed by atoms with Crippen molar-refractivity contribution in [3.05, 3.63) is 30.2 Å². The van der Waals surface area contributed by atoms with Gasteiger partial charge in [-0.05, 0) is 38.3 Å². The third-order valence-corrected chi connectivity index (χ3v) is 5.54. The van der Waals surface area contributed by atoms with Gasteiger partial charge in [0.05, 0.1) is 12.3 Å². The van der Waals surface area contributed by atoms with Gasteiger partial charge in [-0.1, -0.05) is 6.42 Å². The normalized spacial score (nSPS) is 26.5. The predicted molar refractivity (Wildman–Crippen MR) is 93.3 cm³/mol. The molecule has 4 rings (SSSR count). The molecule has 7 nitrogen and oxygen atoms in total. The van der Waals surface area contributed by atoms with Crippen molar-refractivity contribution in [3.63, 3.8) is 0 Å². The standard InChI is InChI=1S/C17H24N4O.CH2O2/c1-22-15-5-2-6-17(15)7-3-9-20(13-17)12-14-11-19-21-10-4-8-18-16(14)21;2-1-3/h4,8,10-11,15H,2-3,5-7,9,12-13H2,1H3;1H,(H,2,3)/t15-,17-;/m1./s1. The van der Waals surface area contributed by atoms with E-state index in [4.69, 9.17) is 14.6 Å². The van der Waals surface area contributed by atoms with Crippen LogP contribution in [0.1, 0.15) is 37.7 Å². The maximum absolute atomic E-state index is 8.36. The van der Waals surface area contributed by atoms with Crippen LogP contribution in [0.25, 0.3) is 5.65 Å². The molecule has 3 heterocycles. The molecule has 0 bridgehead atoms. The second-order valence-electron chi connectivity index (χ2n) is 6.96. The molecule has 2 fully saturated rings. The summed E-state index contributed by atoms with van der Waals surface area (Å²) in [6.45, 7) is 3.01. The van der Waals surface area contributed by atoms with Gasteiger partial charge in [-0.25, -0.2) is 9.50 Å². The molecule has 1 saturated heterocycles. The number of hydrogen-bond acceptors (Lipinski definition) is 5. The summed E-state index contributed by atoms with van der Waals surface area (Å²) < 4.78 is 7.67. The van der Waals surface area contributed by atoms with Crippen LogP contribution in [0, 0.1) is 5.41 Å². The molecule has 0 aromatic carbocycles. The van der Waals surface area contributed by atoms with E-state index in [1.165, 1.54) is 44.2 Å². The van der Waals surface area contributed by atoms with Crippen LogP contribution in [0.2, 0.25) is 0 Å². The first-order chi connectivity index (χ1) is 12.2. The predicted octanol–water partition coefficient (Wildman–Crippen LogP) is 2.21. The van der Waals surface area contributed by atoms with Crippen molar-refractivity contribution in [1.82, 2.24) is 19.5 Å². The van der Waals surface area contributed by atoms with E-state index < -0.39 is 0 Å². The number of fused-ring (bicyclic) bond motifs is 1. The lowest BCUT2D eigenvalue weighted by atomic mass is 9.76. The number of piperidine rings is 1. The number of nitrogens with zero attached hydrogens (tertiary/aromatic N) is 4. The molecule has 0 radical (unpaired) electrons. The molecule has 136 valence electrons. The topological polar surface area (TPSA) is 80.0 Å². The average Bonchev–Trinajstić information content (AvgIpc) is 3.20. The van der Waals surface area contributed by atoms with E-state index in [1.807, 2.05) is 36.3 Å². The number of carboxylic acid groups (broad SMARTS) is 1. The van der Waals surface area contributed by atoms with E-state index in [1.54, 1.807) is 0 Å². The number of ether oxygens (including phenoxy) is 1. The molecule has 2 aromatic heterocycles. The van der Waals surface area contributed by atoms with Crippen molar-refractivity contribution in [2.45, 2.75) is 44.8 Å². The highest BCUT2D eigenvalue weighted by Crippen LogP contribution is 2.46. The van der Waals surface area contributed by atoms with E-state index in [-0.39, 0.29) is 6.47 Å². The minimum absolute atomic E-state index is 0.250. The Labute approximate surface area is 147 Å². The summed E-state index contributed by atoms with van der Waals surface area (Å²) in [5, 5.41) is 11.3. The van der Waals surface area contributed by atoms with Gasteiger partial charge in [0.15, 0.2) is 5.65 Å². The lowest BCUT2D eigenvalue weighted by Gasteiger charge is -2.43. The first-order valence-corrected chi connectivity index (χ1v) is 8.82. The summed E-state index contributed by atoms with van der Waals surface area (Å²) in [7, 11) is 1.88. The molecule has 25 heavy (non-hydrogen) atoms. The number of rotatable bonds is 3. The second kappa shape index (κ2) is 7.93. The molecular weight excluding hydrogens is 320 g/mol. The van der Waals surface area contributed by atoms with Gasteiger partial charge >= 0.3 is 0 Å². The molecule has 0 unspecified atom stereocenters.